The Balaban J connectivity index is 0. The molecule has 1 amide bonds. The molecule has 1 unspecified atom stereocenters. The van der Waals surface area contributed by atoms with Crippen LogP contribution in [0.3, 0.4) is 0 Å². The summed E-state index contributed by atoms with van der Waals surface area (Å²) in [6.45, 7) is 1.87. The fraction of sp³-hybridized carbons (Fsp3) is 0.455. The van der Waals surface area contributed by atoms with Crippen molar-refractivity contribution in [2.45, 2.75) is 25.8 Å². The highest BCUT2D eigenvalue weighted by molar-refractivity contribution is 5.92. The second-order valence-corrected chi connectivity index (χ2v) is 3.64. The molecule has 0 aliphatic rings. The van der Waals surface area contributed by atoms with Gasteiger partial charge in [-0.1, -0.05) is 0 Å². The Kier molecular flexibility index (Phi) is 10.7. The molecular formula is C11H19Cl2N3O2. The van der Waals surface area contributed by atoms with Gasteiger partial charge in [0, 0.05) is 24.7 Å². The molecule has 0 radical (unpaired) electrons. The molecule has 0 saturated carbocycles. The number of aromatic nitrogens is 1. The Labute approximate surface area is 119 Å². The Morgan fingerprint density at radius 1 is 1.56 bits per heavy atom. The molecule has 0 aliphatic carbocycles. The molecular weight excluding hydrogens is 277 g/mol. The molecule has 0 spiro atoms. The van der Waals surface area contributed by atoms with E-state index in [1.54, 1.807) is 25.6 Å². The van der Waals surface area contributed by atoms with E-state index >= 15 is 0 Å². The van der Waals surface area contributed by atoms with Crippen molar-refractivity contribution in [2.24, 2.45) is 5.73 Å². The highest BCUT2D eigenvalue weighted by Crippen LogP contribution is 2.21. The number of amides is 1. The molecule has 0 bridgehead atoms. The van der Waals surface area contributed by atoms with E-state index in [1.165, 1.54) is 0 Å². The average molecular weight is 296 g/mol. The van der Waals surface area contributed by atoms with Crippen molar-refractivity contribution < 1.29 is 9.53 Å². The van der Waals surface area contributed by atoms with Crippen LogP contribution in [0.15, 0.2) is 18.5 Å². The molecule has 104 valence electrons. The lowest BCUT2D eigenvalue weighted by molar-refractivity contribution is -0.116. The molecule has 7 heteroatoms. The first kappa shape index (κ1) is 19.3. The normalized spacial score (nSPS) is 10.6. The van der Waals surface area contributed by atoms with Crippen LogP contribution in [0.5, 0.6) is 5.75 Å². The van der Waals surface area contributed by atoms with Gasteiger partial charge in [0.25, 0.3) is 0 Å². The Hall–Kier alpha value is -1.04. The van der Waals surface area contributed by atoms with Crippen molar-refractivity contribution in [2.75, 3.05) is 12.4 Å². The maximum absolute atomic E-state index is 11.5. The number of hydrogen-bond donors (Lipinski definition) is 2. The fourth-order valence-corrected chi connectivity index (χ4v) is 1.23. The number of pyridine rings is 1. The van der Waals surface area contributed by atoms with E-state index in [-0.39, 0.29) is 36.8 Å². The van der Waals surface area contributed by atoms with Gasteiger partial charge in [-0.05, 0) is 13.3 Å². The number of halogens is 2. The van der Waals surface area contributed by atoms with Gasteiger partial charge >= 0.3 is 0 Å². The SMILES string of the molecule is COc1ccncc1NC(=O)CCC(C)N.Cl.Cl. The van der Waals surface area contributed by atoms with Crippen LogP contribution in [0.1, 0.15) is 19.8 Å². The topological polar surface area (TPSA) is 77.2 Å². The number of rotatable bonds is 5. The summed E-state index contributed by atoms with van der Waals surface area (Å²) in [7, 11) is 1.55. The number of methoxy groups -OCH3 is 1. The predicted molar refractivity (Wildman–Crippen MR) is 76.8 cm³/mol. The summed E-state index contributed by atoms with van der Waals surface area (Å²) in [5.41, 5.74) is 6.16. The van der Waals surface area contributed by atoms with E-state index in [2.05, 4.69) is 10.3 Å². The summed E-state index contributed by atoms with van der Waals surface area (Å²) in [5, 5.41) is 2.73. The van der Waals surface area contributed by atoms with Gasteiger partial charge in [-0.25, -0.2) is 0 Å². The van der Waals surface area contributed by atoms with Crippen LogP contribution < -0.4 is 15.8 Å². The van der Waals surface area contributed by atoms with Gasteiger partial charge in [0.15, 0.2) is 0 Å². The molecule has 5 nitrogen and oxygen atoms in total. The van der Waals surface area contributed by atoms with Gasteiger partial charge in [-0.15, -0.1) is 24.8 Å². The Bertz CT molecular complexity index is 362. The molecule has 0 fully saturated rings. The van der Waals surface area contributed by atoms with E-state index in [1.807, 2.05) is 6.92 Å². The third-order valence-electron chi connectivity index (χ3n) is 2.10. The zero-order valence-corrected chi connectivity index (χ0v) is 12.0. The number of hydrogen-bond acceptors (Lipinski definition) is 4. The third-order valence-corrected chi connectivity index (χ3v) is 2.10. The molecule has 0 aromatic carbocycles. The van der Waals surface area contributed by atoms with Gasteiger partial charge in [-0.3, -0.25) is 9.78 Å². The number of ether oxygens (including phenoxy) is 1. The highest BCUT2D eigenvalue weighted by atomic mass is 35.5. The second-order valence-electron chi connectivity index (χ2n) is 3.64. The van der Waals surface area contributed by atoms with E-state index < -0.39 is 0 Å². The van der Waals surface area contributed by atoms with Gasteiger partial charge < -0.3 is 15.8 Å². The molecule has 18 heavy (non-hydrogen) atoms. The number of anilines is 1. The van der Waals surface area contributed by atoms with Crippen molar-refractivity contribution in [3.05, 3.63) is 18.5 Å². The first-order valence-electron chi connectivity index (χ1n) is 5.17. The van der Waals surface area contributed by atoms with Crippen molar-refractivity contribution >= 4 is 36.4 Å². The van der Waals surface area contributed by atoms with Crippen molar-refractivity contribution in [3.8, 4) is 5.75 Å². The lowest BCUT2D eigenvalue weighted by Gasteiger charge is -2.09. The molecule has 0 saturated heterocycles. The molecule has 1 atom stereocenters. The van der Waals surface area contributed by atoms with Gasteiger partial charge in [0.2, 0.25) is 5.91 Å². The van der Waals surface area contributed by atoms with Gasteiger partial charge in [0.1, 0.15) is 11.4 Å². The average Bonchev–Trinajstić information content (AvgIpc) is 2.27. The number of nitrogens with zero attached hydrogens (tertiary/aromatic N) is 1. The zero-order chi connectivity index (χ0) is 12.0. The largest absolute Gasteiger partial charge is 0.494 e. The summed E-state index contributed by atoms with van der Waals surface area (Å²) < 4.78 is 5.09. The van der Waals surface area contributed by atoms with Crippen LogP contribution in [0, 0.1) is 0 Å². The molecule has 0 aliphatic heterocycles. The second kappa shape index (κ2) is 9.94. The van der Waals surface area contributed by atoms with Crippen molar-refractivity contribution in [1.82, 2.24) is 4.98 Å². The molecule has 1 aromatic heterocycles. The Morgan fingerprint density at radius 3 is 2.78 bits per heavy atom. The van der Waals surface area contributed by atoms with Crippen LogP contribution in [0.4, 0.5) is 5.69 Å². The van der Waals surface area contributed by atoms with E-state index in [0.29, 0.717) is 24.3 Å². The minimum atomic E-state index is -0.0800. The summed E-state index contributed by atoms with van der Waals surface area (Å²) in [6.07, 6.45) is 4.23. The number of carbonyl (C=O) groups is 1. The van der Waals surface area contributed by atoms with E-state index in [0.717, 1.165) is 0 Å². The first-order valence-corrected chi connectivity index (χ1v) is 5.17. The van der Waals surface area contributed by atoms with Crippen LogP contribution in [-0.2, 0) is 4.79 Å². The third kappa shape index (κ3) is 6.64. The Morgan fingerprint density at radius 2 is 2.22 bits per heavy atom. The monoisotopic (exact) mass is 295 g/mol. The molecule has 1 rings (SSSR count). The number of nitrogens with two attached hydrogens (primary N) is 1. The van der Waals surface area contributed by atoms with E-state index in [9.17, 15) is 4.79 Å². The number of carbonyl (C=O) groups excluding carboxylic acids is 1. The lowest BCUT2D eigenvalue weighted by Crippen LogP contribution is -2.19. The quantitative estimate of drug-likeness (QED) is 0.871. The smallest absolute Gasteiger partial charge is 0.224 e. The summed E-state index contributed by atoms with van der Waals surface area (Å²) in [5.74, 6) is 0.521. The van der Waals surface area contributed by atoms with E-state index in [4.69, 9.17) is 10.5 Å². The standard InChI is InChI=1S/C11H17N3O2.2ClH/c1-8(12)3-4-11(15)14-9-7-13-6-5-10(9)16-2;;/h5-8H,3-4,12H2,1-2H3,(H,14,15);2*1H. The minimum absolute atomic E-state index is 0. The summed E-state index contributed by atoms with van der Waals surface area (Å²) in [4.78, 5) is 15.5. The van der Waals surface area contributed by atoms with Crippen LogP contribution in [-0.4, -0.2) is 24.0 Å². The predicted octanol–water partition coefficient (Wildman–Crippen LogP) is 2.00. The van der Waals surface area contributed by atoms with Crippen LogP contribution in [0.2, 0.25) is 0 Å². The van der Waals surface area contributed by atoms with Crippen molar-refractivity contribution in [1.29, 1.82) is 0 Å². The van der Waals surface area contributed by atoms with Gasteiger partial charge in [0.05, 0.1) is 13.3 Å². The highest BCUT2D eigenvalue weighted by Gasteiger charge is 2.07. The maximum Gasteiger partial charge on any atom is 0.224 e. The molecule has 3 N–H and O–H groups in total. The van der Waals surface area contributed by atoms with Gasteiger partial charge in [-0.2, -0.15) is 0 Å². The van der Waals surface area contributed by atoms with Crippen molar-refractivity contribution in [3.63, 3.8) is 0 Å². The fourth-order valence-electron chi connectivity index (χ4n) is 1.23. The maximum atomic E-state index is 11.5. The van der Waals surface area contributed by atoms with Crippen LogP contribution in [0.25, 0.3) is 0 Å². The zero-order valence-electron chi connectivity index (χ0n) is 10.4. The first-order chi connectivity index (χ1) is 7.63. The summed E-state index contributed by atoms with van der Waals surface area (Å²) in [6, 6.07) is 1.72. The summed E-state index contributed by atoms with van der Waals surface area (Å²) >= 11 is 0. The molecule has 1 aromatic rings. The lowest BCUT2D eigenvalue weighted by atomic mass is 10.2. The molecule has 1 heterocycles. The number of nitrogens with one attached hydrogen (secondary N) is 1. The van der Waals surface area contributed by atoms with Crippen LogP contribution >= 0.6 is 24.8 Å². The minimum Gasteiger partial charge on any atom is -0.494 e.